The van der Waals surface area contributed by atoms with Crippen molar-refractivity contribution in [3.05, 3.63) is 47.2 Å². The predicted octanol–water partition coefficient (Wildman–Crippen LogP) is 1.30. The summed E-state index contributed by atoms with van der Waals surface area (Å²) in [6.07, 6.45) is 4.77. The third-order valence-corrected chi connectivity index (χ3v) is 2.40. The average molecular weight is 228 g/mol. The van der Waals surface area contributed by atoms with E-state index in [9.17, 15) is 4.79 Å². The Hall–Kier alpha value is -2.30. The number of rotatable bonds is 2. The number of nitrogens with zero attached hydrogens (tertiary/aromatic N) is 3. The second-order valence-corrected chi connectivity index (χ2v) is 3.80. The molecule has 0 fully saturated rings. The van der Waals surface area contributed by atoms with E-state index in [4.69, 9.17) is 5.73 Å². The first-order chi connectivity index (χ1) is 8.09. The molecule has 2 aromatic rings. The lowest BCUT2D eigenvalue weighted by atomic mass is 10.1. The molecule has 86 valence electrons. The number of hydrogen-bond acceptors (Lipinski definition) is 5. The molecule has 0 saturated heterocycles. The summed E-state index contributed by atoms with van der Waals surface area (Å²) in [7, 11) is 0. The molecule has 0 atom stereocenters. The summed E-state index contributed by atoms with van der Waals surface area (Å²) >= 11 is 0. The lowest BCUT2D eigenvalue weighted by molar-refractivity contribution is 0.102. The fourth-order valence-electron chi connectivity index (χ4n) is 1.50. The van der Waals surface area contributed by atoms with Crippen LogP contribution in [-0.2, 0) is 0 Å². The van der Waals surface area contributed by atoms with Crippen molar-refractivity contribution >= 4 is 11.6 Å². The van der Waals surface area contributed by atoms with Crippen LogP contribution in [-0.4, -0.2) is 20.7 Å². The van der Waals surface area contributed by atoms with Crippen molar-refractivity contribution in [3.8, 4) is 0 Å². The highest BCUT2D eigenvalue weighted by Crippen LogP contribution is 2.16. The SMILES string of the molecule is Cc1cnc(C(=O)c2c(C)ccnc2N)nc1. The second kappa shape index (κ2) is 4.29. The van der Waals surface area contributed by atoms with Crippen molar-refractivity contribution in [2.24, 2.45) is 0 Å². The zero-order valence-corrected chi connectivity index (χ0v) is 9.64. The highest BCUT2D eigenvalue weighted by molar-refractivity contribution is 6.10. The molecular formula is C12H12N4O. The Kier molecular flexibility index (Phi) is 2.82. The van der Waals surface area contributed by atoms with Gasteiger partial charge in [-0.15, -0.1) is 0 Å². The zero-order valence-electron chi connectivity index (χ0n) is 9.64. The number of ketones is 1. The predicted molar refractivity (Wildman–Crippen MR) is 63.6 cm³/mol. The van der Waals surface area contributed by atoms with Crippen LogP contribution >= 0.6 is 0 Å². The summed E-state index contributed by atoms with van der Waals surface area (Å²) < 4.78 is 0. The Morgan fingerprint density at radius 2 is 1.82 bits per heavy atom. The van der Waals surface area contributed by atoms with E-state index in [1.54, 1.807) is 31.6 Å². The van der Waals surface area contributed by atoms with E-state index < -0.39 is 0 Å². The molecule has 0 saturated carbocycles. The van der Waals surface area contributed by atoms with Gasteiger partial charge in [0, 0.05) is 18.6 Å². The van der Waals surface area contributed by atoms with Gasteiger partial charge in [0.25, 0.3) is 0 Å². The number of anilines is 1. The smallest absolute Gasteiger partial charge is 0.234 e. The van der Waals surface area contributed by atoms with Gasteiger partial charge in [-0.1, -0.05) is 0 Å². The third-order valence-electron chi connectivity index (χ3n) is 2.40. The highest BCUT2D eigenvalue weighted by Gasteiger charge is 2.17. The van der Waals surface area contributed by atoms with Crippen LogP contribution < -0.4 is 5.73 Å². The van der Waals surface area contributed by atoms with E-state index in [1.165, 1.54) is 0 Å². The molecule has 2 rings (SSSR count). The summed E-state index contributed by atoms with van der Waals surface area (Å²) in [6.45, 7) is 3.66. The molecule has 17 heavy (non-hydrogen) atoms. The van der Waals surface area contributed by atoms with Gasteiger partial charge in [-0.2, -0.15) is 0 Å². The van der Waals surface area contributed by atoms with E-state index in [2.05, 4.69) is 15.0 Å². The largest absolute Gasteiger partial charge is 0.383 e. The minimum atomic E-state index is -0.298. The van der Waals surface area contributed by atoms with Gasteiger partial charge in [0.1, 0.15) is 5.82 Å². The fourth-order valence-corrected chi connectivity index (χ4v) is 1.50. The molecule has 2 heterocycles. The minimum absolute atomic E-state index is 0.137. The molecule has 0 bridgehead atoms. The van der Waals surface area contributed by atoms with Crippen LogP contribution in [0, 0.1) is 13.8 Å². The number of hydrogen-bond donors (Lipinski definition) is 1. The number of carbonyl (C=O) groups excluding carboxylic acids is 1. The van der Waals surface area contributed by atoms with E-state index in [0.717, 1.165) is 11.1 Å². The Balaban J connectivity index is 2.47. The van der Waals surface area contributed by atoms with Gasteiger partial charge >= 0.3 is 0 Å². The van der Waals surface area contributed by atoms with Crippen molar-refractivity contribution in [2.45, 2.75) is 13.8 Å². The van der Waals surface area contributed by atoms with Gasteiger partial charge in [-0.05, 0) is 31.0 Å². The monoisotopic (exact) mass is 228 g/mol. The maximum Gasteiger partial charge on any atom is 0.234 e. The molecule has 5 heteroatoms. The standard InChI is InChI=1S/C12H12N4O/c1-7-5-15-12(16-6-7)10(17)9-8(2)3-4-14-11(9)13/h3-6H,1-2H3,(H2,13,14). The number of carbonyl (C=O) groups is 1. The van der Waals surface area contributed by atoms with E-state index in [-0.39, 0.29) is 17.4 Å². The number of nitrogens with two attached hydrogens (primary N) is 1. The molecule has 0 aliphatic carbocycles. The Morgan fingerprint density at radius 1 is 1.18 bits per heavy atom. The van der Waals surface area contributed by atoms with Crippen molar-refractivity contribution in [1.29, 1.82) is 0 Å². The number of nitrogen functional groups attached to an aromatic ring is 1. The molecule has 0 aliphatic heterocycles. The molecule has 0 aliphatic rings. The van der Waals surface area contributed by atoms with Gasteiger partial charge < -0.3 is 5.73 Å². The Labute approximate surface area is 98.7 Å². The summed E-state index contributed by atoms with van der Waals surface area (Å²) in [5.74, 6) is 0.0469. The second-order valence-electron chi connectivity index (χ2n) is 3.80. The maximum absolute atomic E-state index is 12.2. The van der Waals surface area contributed by atoms with Gasteiger partial charge in [-0.25, -0.2) is 15.0 Å². The number of aromatic nitrogens is 3. The molecule has 0 aromatic carbocycles. The molecule has 0 unspecified atom stereocenters. The molecular weight excluding hydrogens is 216 g/mol. The molecule has 5 nitrogen and oxygen atoms in total. The van der Waals surface area contributed by atoms with Crippen molar-refractivity contribution in [1.82, 2.24) is 15.0 Å². The zero-order chi connectivity index (χ0) is 12.4. The van der Waals surface area contributed by atoms with Crippen molar-refractivity contribution < 1.29 is 4.79 Å². The van der Waals surface area contributed by atoms with Crippen LogP contribution in [0.4, 0.5) is 5.82 Å². The van der Waals surface area contributed by atoms with Crippen LogP contribution in [0.15, 0.2) is 24.7 Å². The summed E-state index contributed by atoms with van der Waals surface area (Å²) in [4.78, 5) is 24.0. The third kappa shape index (κ3) is 2.13. The van der Waals surface area contributed by atoms with Gasteiger partial charge in [0.2, 0.25) is 11.6 Å². The first-order valence-corrected chi connectivity index (χ1v) is 5.14. The van der Waals surface area contributed by atoms with E-state index in [1.807, 2.05) is 6.92 Å². The first kappa shape index (κ1) is 11.2. The molecule has 0 spiro atoms. The Morgan fingerprint density at radius 3 is 2.41 bits per heavy atom. The Bertz CT molecular complexity index is 543. The average Bonchev–Trinajstić information content (AvgIpc) is 2.29. The molecule has 2 N–H and O–H groups in total. The van der Waals surface area contributed by atoms with Crippen LogP contribution in [0.2, 0.25) is 0 Å². The quantitative estimate of drug-likeness (QED) is 0.783. The highest BCUT2D eigenvalue weighted by atomic mass is 16.1. The molecule has 0 amide bonds. The summed E-state index contributed by atoms with van der Waals surface area (Å²) in [5.41, 5.74) is 7.74. The fraction of sp³-hybridized carbons (Fsp3) is 0.167. The summed E-state index contributed by atoms with van der Waals surface area (Å²) in [5, 5.41) is 0. The maximum atomic E-state index is 12.2. The van der Waals surface area contributed by atoms with E-state index in [0.29, 0.717) is 5.56 Å². The van der Waals surface area contributed by atoms with Crippen LogP contribution in [0.1, 0.15) is 27.3 Å². The normalized spacial score (nSPS) is 10.2. The van der Waals surface area contributed by atoms with Crippen LogP contribution in [0.25, 0.3) is 0 Å². The van der Waals surface area contributed by atoms with Gasteiger partial charge in [0.05, 0.1) is 5.56 Å². The van der Waals surface area contributed by atoms with Crippen molar-refractivity contribution in [2.75, 3.05) is 5.73 Å². The first-order valence-electron chi connectivity index (χ1n) is 5.14. The van der Waals surface area contributed by atoms with Crippen LogP contribution in [0.5, 0.6) is 0 Å². The van der Waals surface area contributed by atoms with E-state index >= 15 is 0 Å². The molecule has 0 radical (unpaired) electrons. The number of pyridine rings is 1. The van der Waals surface area contributed by atoms with Crippen molar-refractivity contribution in [3.63, 3.8) is 0 Å². The minimum Gasteiger partial charge on any atom is -0.383 e. The lowest BCUT2D eigenvalue weighted by Crippen LogP contribution is -2.12. The lowest BCUT2D eigenvalue weighted by Gasteiger charge is -2.06. The molecule has 2 aromatic heterocycles. The topological polar surface area (TPSA) is 81.8 Å². The van der Waals surface area contributed by atoms with Gasteiger partial charge in [-0.3, -0.25) is 4.79 Å². The summed E-state index contributed by atoms with van der Waals surface area (Å²) in [6, 6.07) is 1.73. The van der Waals surface area contributed by atoms with Gasteiger partial charge in [0.15, 0.2) is 0 Å². The van der Waals surface area contributed by atoms with Crippen LogP contribution in [0.3, 0.4) is 0 Å². The number of aryl methyl sites for hydroxylation is 2.